The number of nitrogens with zero attached hydrogens (tertiary/aromatic N) is 1. The van der Waals surface area contributed by atoms with Gasteiger partial charge < -0.3 is 21.9 Å². The molecule has 0 aromatic heterocycles. The first-order chi connectivity index (χ1) is 6.97. The fourth-order valence-corrected chi connectivity index (χ4v) is 1.70. The monoisotopic (exact) mass is 293 g/mol. The summed E-state index contributed by atoms with van der Waals surface area (Å²) in [5.74, 6) is -0.0390. The molecule has 16 heavy (non-hydrogen) atoms. The van der Waals surface area contributed by atoms with Gasteiger partial charge in [0.05, 0.1) is 0 Å². The number of hydrogen-bond donors (Lipinski definition) is 1. The summed E-state index contributed by atoms with van der Waals surface area (Å²) in [6.07, 6.45) is -4.26. The molecule has 0 amide bonds. The predicted molar refractivity (Wildman–Crippen MR) is 49.7 cm³/mol. The van der Waals surface area contributed by atoms with E-state index in [1.165, 1.54) is 0 Å². The van der Waals surface area contributed by atoms with Crippen LogP contribution in [0, 0.1) is 5.41 Å². The van der Waals surface area contributed by atoms with Crippen molar-refractivity contribution in [3.05, 3.63) is 35.4 Å². The van der Waals surface area contributed by atoms with Gasteiger partial charge in [0.2, 0.25) is 0 Å². The van der Waals surface area contributed by atoms with E-state index in [0.717, 1.165) is 10.5 Å². The van der Waals surface area contributed by atoms with Crippen LogP contribution >= 0.6 is 0 Å². The number of fused-ring (bicyclic) bond motifs is 1. The van der Waals surface area contributed by atoms with Crippen molar-refractivity contribution in [1.82, 2.24) is 4.90 Å². The van der Waals surface area contributed by atoms with Gasteiger partial charge in [0.15, 0.2) is 0 Å². The molecule has 0 spiro atoms. The molecule has 6 heteroatoms. The van der Waals surface area contributed by atoms with E-state index in [2.05, 4.69) is 0 Å². The summed E-state index contributed by atoms with van der Waals surface area (Å²) in [4.78, 5) is 1.03. The third kappa shape index (κ3) is 2.55. The molecule has 0 radical (unpaired) electrons. The normalized spacial score (nSPS) is 14.7. The summed E-state index contributed by atoms with van der Waals surface area (Å²) < 4.78 is 36.5. The van der Waals surface area contributed by atoms with Crippen LogP contribution in [0.1, 0.15) is 11.1 Å². The van der Waals surface area contributed by atoms with Gasteiger partial charge in [-0.25, -0.2) is 0 Å². The highest BCUT2D eigenvalue weighted by Gasteiger charge is 2.35. The predicted octanol–water partition coefficient (Wildman–Crippen LogP) is -0.606. The van der Waals surface area contributed by atoms with E-state index in [1.54, 1.807) is 24.3 Å². The van der Waals surface area contributed by atoms with Gasteiger partial charge in [-0.15, -0.1) is 0 Å². The second-order valence-corrected chi connectivity index (χ2v) is 3.48. The molecule has 0 atom stereocenters. The maximum Gasteiger partial charge on any atom is 0.405 e. The molecule has 0 fully saturated rings. The van der Waals surface area contributed by atoms with E-state index >= 15 is 0 Å². The second kappa shape index (κ2) is 4.45. The zero-order valence-corrected chi connectivity index (χ0v) is 9.77. The summed E-state index contributed by atoms with van der Waals surface area (Å²) in [6, 6.07) is 6.92. The smallest absolute Gasteiger partial charge is 0.405 e. The first kappa shape index (κ1) is 13.0. The molecule has 2 nitrogen and oxygen atoms in total. The van der Waals surface area contributed by atoms with Crippen LogP contribution in [-0.2, 0) is 6.54 Å². The van der Waals surface area contributed by atoms with E-state index in [9.17, 15) is 13.2 Å². The minimum absolute atomic E-state index is 0. The van der Waals surface area contributed by atoms with Gasteiger partial charge in [-0.2, -0.15) is 13.2 Å². The Morgan fingerprint density at radius 3 is 2.44 bits per heavy atom. The van der Waals surface area contributed by atoms with Crippen molar-refractivity contribution >= 4 is 5.84 Å². The Morgan fingerprint density at radius 1 is 1.25 bits per heavy atom. The molecule has 1 N–H and O–H groups in total. The maximum absolute atomic E-state index is 12.2. The van der Waals surface area contributed by atoms with Crippen LogP contribution in [0.3, 0.4) is 0 Å². The first-order valence-electron chi connectivity index (χ1n) is 4.46. The summed E-state index contributed by atoms with van der Waals surface area (Å²) in [5, 5.41) is 7.59. The van der Waals surface area contributed by atoms with Crippen LogP contribution in [0.15, 0.2) is 24.3 Å². The molecule has 1 aromatic carbocycles. The van der Waals surface area contributed by atoms with Crippen LogP contribution in [0.2, 0.25) is 0 Å². The molecule has 1 heterocycles. The van der Waals surface area contributed by atoms with Gasteiger partial charge in [-0.05, 0) is 5.56 Å². The largest absolute Gasteiger partial charge is 1.00 e. The Bertz CT molecular complexity index is 403. The Morgan fingerprint density at radius 2 is 1.88 bits per heavy atom. The van der Waals surface area contributed by atoms with Crippen LogP contribution in [0.4, 0.5) is 13.2 Å². The number of halogens is 4. The number of rotatable bonds is 1. The molecule has 0 unspecified atom stereocenters. The minimum Gasteiger partial charge on any atom is -1.00 e. The Hall–Kier alpha value is -1.04. The molecular weight excluding hydrogens is 285 g/mol. The maximum atomic E-state index is 12.2. The molecule has 88 valence electrons. The molecule has 0 saturated heterocycles. The third-order valence-corrected chi connectivity index (χ3v) is 2.32. The highest BCUT2D eigenvalue weighted by molar-refractivity contribution is 6.00. The average molecular weight is 294 g/mol. The second-order valence-electron chi connectivity index (χ2n) is 3.48. The molecule has 0 saturated carbocycles. The van der Waals surface area contributed by atoms with E-state index in [0.29, 0.717) is 5.56 Å². The average Bonchev–Trinajstić information content (AvgIpc) is 2.42. The lowest BCUT2D eigenvalue weighted by Gasteiger charge is -2.19. The third-order valence-electron chi connectivity index (χ3n) is 2.32. The van der Waals surface area contributed by atoms with Crippen molar-refractivity contribution < 1.29 is 30.2 Å². The molecule has 1 aliphatic heterocycles. The quantitative estimate of drug-likeness (QED) is 0.735. The molecule has 1 aliphatic rings. The van der Waals surface area contributed by atoms with Gasteiger partial charge in [0, 0.05) is 12.1 Å². The number of nitrogens with one attached hydrogen (secondary N) is 1. The summed E-state index contributed by atoms with van der Waals surface area (Å²) in [6.45, 7) is -0.880. The zero-order chi connectivity index (χ0) is 11.1. The SMILES string of the molecule is N=C1c2ccccc2CN1CC(F)(F)F.[Br-]. The lowest BCUT2D eigenvalue weighted by atomic mass is 10.1. The van der Waals surface area contributed by atoms with Crippen LogP contribution < -0.4 is 17.0 Å². The van der Waals surface area contributed by atoms with E-state index in [4.69, 9.17) is 5.41 Å². The lowest BCUT2D eigenvalue weighted by Crippen LogP contribution is -3.00. The van der Waals surface area contributed by atoms with Gasteiger partial charge in [-0.3, -0.25) is 5.41 Å². The van der Waals surface area contributed by atoms with Crippen LogP contribution in [0.5, 0.6) is 0 Å². The molecule has 0 bridgehead atoms. The van der Waals surface area contributed by atoms with E-state index in [-0.39, 0.29) is 29.4 Å². The Labute approximate surface area is 101 Å². The summed E-state index contributed by atoms with van der Waals surface area (Å²) in [5.41, 5.74) is 1.38. The Balaban J connectivity index is 0.00000128. The molecule has 1 aromatic rings. The number of alkyl halides is 3. The van der Waals surface area contributed by atoms with Crippen LogP contribution in [0.25, 0.3) is 0 Å². The first-order valence-corrected chi connectivity index (χ1v) is 4.46. The standard InChI is InChI=1S/C10H9F3N2.BrH/c11-10(12,13)6-15-5-7-3-1-2-4-8(7)9(15)14;/h1-4,14H,5-6H2;1H/p-1. The highest BCUT2D eigenvalue weighted by atomic mass is 79.9. The fraction of sp³-hybridized carbons (Fsp3) is 0.300. The molecular formula is C10H9BrF3N2-. The van der Waals surface area contributed by atoms with Gasteiger partial charge >= 0.3 is 6.18 Å². The van der Waals surface area contributed by atoms with E-state index < -0.39 is 12.7 Å². The molecule has 0 aliphatic carbocycles. The van der Waals surface area contributed by atoms with Crippen molar-refractivity contribution in [3.8, 4) is 0 Å². The Kier molecular flexibility index (Phi) is 3.62. The zero-order valence-electron chi connectivity index (χ0n) is 8.18. The highest BCUT2D eigenvalue weighted by Crippen LogP contribution is 2.26. The van der Waals surface area contributed by atoms with Crippen molar-refractivity contribution in [2.24, 2.45) is 0 Å². The van der Waals surface area contributed by atoms with Crippen LogP contribution in [-0.4, -0.2) is 23.5 Å². The summed E-state index contributed by atoms with van der Waals surface area (Å²) in [7, 11) is 0. The topological polar surface area (TPSA) is 27.1 Å². The number of hydrogen-bond acceptors (Lipinski definition) is 1. The van der Waals surface area contributed by atoms with Crippen molar-refractivity contribution in [1.29, 1.82) is 5.41 Å². The lowest BCUT2D eigenvalue weighted by molar-refractivity contribution is -0.138. The van der Waals surface area contributed by atoms with Gasteiger partial charge in [0.1, 0.15) is 12.4 Å². The molecule has 2 rings (SSSR count). The van der Waals surface area contributed by atoms with Gasteiger partial charge in [-0.1, -0.05) is 24.3 Å². The van der Waals surface area contributed by atoms with Crippen molar-refractivity contribution in [3.63, 3.8) is 0 Å². The minimum atomic E-state index is -4.26. The number of benzene rings is 1. The fourth-order valence-electron chi connectivity index (χ4n) is 1.70. The van der Waals surface area contributed by atoms with Crippen molar-refractivity contribution in [2.45, 2.75) is 12.7 Å². The van der Waals surface area contributed by atoms with Crippen molar-refractivity contribution in [2.75, 3.05) is 6.54 Å². The number of amidine groups is 1. The summed E-state index contributed by atoms with van der Waals surface area (Å²) >= 11 is 0. The van der Waals surface area contributed by atoms with E-state index in [1.807, 2.05) is 0 Å². The van der Waals surface area contributed by atoms with Gasteiger partial charge in [0.25, 0.3) is 0 Å².